The van der Waals surface area contributed by atoms with Gasteiger partial charge in [0, 0.05) is 27.8 Å². The maximum atomic E-state index is 8.81. The molecule has 1 aliphatic heterocycles. The second kappa shape index (κ2) is 10.1. The highest BCUT2D eigenvalue weighted by molar-refractivity contribution is 6.16. The van der Waals surface area contributed by atoms with Crippen molar-refractivity contribution in [1.82, 2.24) is 9.97 Å². The Bertz CT molecular complexity index is 2960. The molecule has 47 heavy (non-hydrogen) atoms. The quantitative estimate of drug-likeness (QED) is 0.201. The van der Waals surface area contributed by atoms with E-state index in [1.54, 1.807) is 0 Å². The molecule has 0 saturated heterocycles. The Morgan fingerprint density at radius 2 is 1.13 bits per heavy atom. The summed E-state index contributed by atoms with van der Waals surface area (Å²) in [5.41, 5.74) is 8.27. The molecule has 0 bridgehead atoms. The third kappa shape index (κ3) is 4.00. The average molecular weight is 603 g/mol. The minimum Gasteiger partial charge on any atom is -0.309 e. The van der Waals surface area contributed by atoms with Crippen molar-refractivity contribution in [3.05, 3.63) is 164 Å². The van der Waals surface area contributed by atoms with Crippen LogP contribution in [0.25, 0.3) is 77.0 Å². The summed E-state index contributed by atoms with van der Waals surface area (Å²) in [6.07, 6.45) is 0. The molecule has 8 aromatic carbocycles. The van der Waals surface area contributed by atoms with Crippen LogP contribution in [0, 0.1) is 0 Å². The monoisotopic (exact) mass is 602 g/mol. The van der Waals surface area contributed by atoms with Gasteiger partial charge in [-0.15, -0.1) is 0 Å². The van der Waals surface area contributed by atoms with Crippen molar-refractivity contribution in [2.45, 2.75) is 0 Å². The zero-order chi connectivity index (χ0) is 35.2. The van der Waals surface area contributed by atoms with E-state index in [-0.39, 0.29) is 23.3 Å². The molecule has 0 N–H and O–H groups in total. The lowest BCUT2D eigenvalue weighted by Gasteiger charge is -2.34. The first-order valence-corrected chi connectivity index (χ1v) is 15.6. The van der Waals surface area contributed by atoms with Gasteiger partial charge in [-0.05, 0) is 75.0 Å². The van der Waals surface area contributed by atoms with Gasteiger partial charge in [0.15, 0.2) is 0 Å². The van der Waals surface area contributed by atoms with E-state index in [1.165, 1.54) is 27.3 Å². The maximum Gasteiger partial charge on any atom is 0.0979 e. The Morgan fingerprint density at radius 3 is 1.94 bits per heavy atom. The van der Waals surface area contributed by atoms with Crippen molar-refractivity contribution in [3.8, 4) is 33.6 Å². The molecule has 0 aliphatic carbocycles. The van der Waals surface area contributed by atoms with Crippen LogP contribution in [-0.4, -0.2) is 9.97 Å². The van der Waals surface area contributed by atoms with Crippen molar-refractivity contribution < 1.29 is 6.85 Å². The van der Waals surface area contributed by atoms with Crippen LogP contribution >= 0.6 is 0 Å². The highest BCUT2D eigenvalue weighted by Gasteiger charge is 2.27. The first-order valence-electron chi connectivity index (χ1n) is 18.1. The lowest BCUT2D eigenvalue weighted by Crippen LogP contribution is -2.15. The number of fused-ring (bicyclic) bond motifs is 5. The molecule has 0 saturated carbocycles. The minimum absolute atomic E-state index is 0.0248. The van der Waals surface area contributed by atoms with E-state index in [0.29, 0.717) is 16.7 Å². The van der Waals surface area contributed by atoms with E-state index in [2.05, 4.69) is 102 Å². The number of hydrogen-bond acceptors (Lipinski definition) is 3. The van der Waals surface area contributed by atoms with Gasteiger partial charge in [0.1, 0.15) is 0 Å². The SMILES string of the molecule is [2H]c1c([2H])c([2H])c(-c2nc3ccccc3nc2-c2cccc3cc(N4c5cc6ccccc6cc5-c5cccc6cccc4c56)ccc23)c([2H])c1[2H]. The van der Waals surface area contributed by atoms with Crippen molar-refractivity contribution in [1.29, 1.82) is 0 Å². The molecular weight excluding hydrogens is 571 g/mol. The number of benzene rings is 8. The van der Waals surface area contributed by atoms with Crippen molar-refractivity contribution >= 4 is 60.4 Å². The van der Waals surface area contributed by atoms with Gasteiger partial charge in [-0.1, -0.05) is 121 Å². The molecule has 3 nitrogen and oxygen atoms in total. The lowest BCUT2D eigenvalue weighted by molar-refractivity contribution is 1.29. The number of anilines is 3. The van der Waals surface area contributed by atoms with Crippen LogP contribution < -0.4 is 4.90 Å². The molecule has 0 radical (unpaired) electrons. The number of hydrogen-bond donors (Lipinski definition) is 0. The highest BCUT2D eigenvalue weighted by atomic mass is 15.2. The summed E-state index contributed by atoms with van der Waals surface area (Å²) in [6.45, 7) is 0. The third-order valence-corrected chi connectivity index (χ3v) is 9.20. The molecule has 1 aliphatic rings. The zero-order valence-corrected chi connectivity index (χ0v) is 25.0. The molecular formula is C44H27N3. The van der Waals surface area contributed by atoms with E-state index < -0.39 is 18.1 Å². The molecule has 0 fully saturated rings. The van der Waals surface area contributed by atoms with E-state index in [9.17, 15) is 0 Å². The zero-order valence-electron chi connectivity index (χ0n) is 30.0. The van der Waals surface area contributed by atoms with E-state index in [4.69, 9.17) is 16.8 Å². The first-order chi connectivity index (χ1) is 25.4. The van der Waals surface area contributed by atoms with Gasteiger partial charge in [-0.3, -0.25) is 0 Å². The average Bonchev–Trinajstić information content (AvgIpc) is 3.18. The van der Waals surface area contributed by atoms with Crippen molar-refractivity contribution in [2.75, 3.05) is 4.90 Å². The van der Waals surface area contributed by atoms with Gasteiger partial charge in [0.25, 0.3) is 0 Å². The van der Waals surface area contributed by atoms with Gasteiger partial charge in [-0.25, -0.2) is 9.97 Å². The number of aromatic nitrogens is 2. The van der Waals surface area contributed by atoms with Crippen molar-refractivity contribution in [3.63, 3.8) is 0 Å². The normalized spacial score (nSPS) is 13.7. The van der Waals surface area contributed by atoms with Crippen LogP contribution in [0.15, 0.2) is 164 Å². The van der Waals surface area contributed by atoms with Gasteiger partial charge in [0.05, 0.1) is 40.6 Å². The molecule has 0 amide bonds. The largest absolute Gasteiger partial charge is 0.309 e. The smallest absolute Gasteiger partial charge is 0.0979 e. The summed E-state index contributed by atoms with van der Waals surface area (Å²) >= 11 is 0. The second-order valence-corrected chi connectivity index (χ2v) is 11.9. The van der Waals surface area contributed by atoms with Gasteiger partial charge in [0.2, 0.25) is 0 Å². The fraction of sp³-hybridized carbons (Fsp3) is 0. The Morgan fingerprint density at radius 1 is 0.468 bits per heavy atom. The molecule has 0 atom stereocenters. The number of nitrogens with zero attached hydrogens (tertiary/aromatic N) is 3. The predicted molar refractivity (Wildman–Crippen MR) is 197 cm³/mol. The standard InChI is InChI=1S/C44H27N3/c1-2-11-29(12-3-1)43-44(46-39-21-7-6-20-38(39)45-43)36-19-9-17-32-25-33(23-24-34(32)36)47-40-22-10-16-28-15-8-18-35(42(28)40)37-26-30-13-4-5-14-31(30)27-41(37)47/h1-27H/i1D,2D,3D,11D,12D. The van der Waals surface area contributed by atoms with Crippen LogP contribution in [0.2, 0.25) is 0 Å². The second-order valence-electron chi connectivity index (χ2n) is 11.9. The Labute approximate surface area is 279 Å². The van der Waals surface area contributed by atoms with Gasteiger partial charge >= 0.3 is 0 Å². The molecule has 1 aromatic heterocycles. The number of para-hydroxylation sites is 2. The molecule has 3 heteroatoms. The fourth-order valence-corrected chi connectivity index (χ4v) is 7.12. The molecule has 218 valence electrons. The van der Waals surface area contributed by atoms with E-state index in [1.807, 2.05) is 36.4 Å². The van der Waals surface area contributed by atoms with Crippen LogP contribution in [-0.2, 0) is 0 Å². The number of rotatable bonds is 3. The van der Waals surface area contributed by atoms with Crippen molar-refractivity contribution in [2.24, 2.45) is 0 Å². The molecule has 10 rings (SSSR count). The van der Waals surface area contributed by atoms with Crippen LogP contribution in [0.1, 0.15) is 6.85 Å². The summed E-state index contributed by atoms with van der Waals surface area (Å²) in [4.78, 5) is 12.3. The van der Waals surface area contributed by atoms with Crippen LogP contribution in [0.4, 0.5) is 17.1 Å². The molecule has 2 heterocycles. The summed E-state index contributed by atoms with van der Waals surface area (Å²) in [6, 6.07) is 43.9. The minimum atomic E-state index is -0.447. The molecule has 0 spiro atoms. The summed E-state index contributed by atoms with van der Waals surface area (Å²) in [7, 11) is 0. The molecule has 0 unspecified atom stereocenters. The van der Waals surface area contributed by atoms with Gasteiger partial charge < -0.3 is 4.90 Å². The fourth-order valence-electron chi connectivity index (χ4n) is 7.12. The van der Waals surface area contributed by atoms with Gasteiger partial charge in [-0.2, -0.15) is 0 Å². The maximum absolute atomic E-state index is 8.81. The Kier molecular flexibility index (Phi) is 4.60. The summed E-state index contributed by atoms with van der Waals surface area (Å²) < 4.78 is 42.6. The van der Waals surface area contributed by atoms with E-state index in [0.717, 1.165) is 38.8 Å². The van der Waals surface area contributed by atoms with Crippen LogP contribution in [0.5, 0.6) is 0 Å². The highest BCUT2D eigenvalue weighted by Crippen LogP contribution is 2.52. The Balaban J connectivity index is 1.22. The topological polar surface area (TPSA) is 29.0 Å². The predicted octanol–water partition coefficient (Wildman–Crippen LogP) is 11.9. The van der Waals surface area contributed by atoms with Crippen LogP contribution in [0.3, 0.4) is 0 Å². The summed E-state index contributed by atoms with van der Waals surface area (Å²) in [5.74, 6) is 0. The lowest BCUT2D eigenvalue weighted by atomic mass is 9.89. The first kappa shape index (κ1) is 21.4. The molecule has 9 aromatic rings. The third-order valence-electron chi connectivity index (χ3n) is 9.20. The summed E-state index contributed by atoms with van der Waals surface area (Å²) in [5, 5.41) is 6.60. The van der Waals surface area contributed by atoms with E-state index >= 15 is 0 Å². The Hall–Kier alpha value is -6.32.